The fourth-order valence-corrected chi connectivity index (χ4v) is 5.74. The Morgan fingerprint density at radius 1 is 1.06 bits per heavy atom. The van der Waals surface area contributed by atoms with Crippen LogP contribution >= 0.6 is 0 Å². The smallest absolute Gasteiger partial charge is 0.308 e. The van der Waals surface area contributed by atoms with Gasteiger partial charge in [-0.25, -0.2) is 9.97 Å². The van der Waals surface area contributed by atoms with Crippen molar-refractivity contribution in [3.05, 3.63) is 6.33 Å². The zero-order valence-electron chi connectivity index (χ0n) is 19.6. The summed E-state index contributed by atoms with van der Waals surface area (Å²) in [6.45, 7) is 4.11. The van der Waals surface area contributed by atoms with Gasteiger partial charge in [0.25, 0.3) is 0 Å². The van der Waals surface area contributed by atoms with Gasteiger partial charge in [0.2, 0.25) is 17.8 Å². The summed E-state index contributed by atoms with van der Waals surface area (Å²) in [5.41, 5.74) is 0. The summed E-state index contributed by atoms with van der Waals surface area (Å²) in [5, 5.41) is 15.8. The van der Waals surface area contributed by atoms with Gasteiger partial charge in [0, 0.05) is 39.3 Å². The predicted octanol–water partition coefficient (Wildman–Crippen LogP) is 1.60. The summed E-state index contributed by atoms with van der Waals surface area (Å²) < 4.78 is 0. The molecular formula is C23H37N7O3. The van der Waals surface area contributed by atoms with Crippen LogP contribution in [0.15, 0.2) is 6.33 Å². The molecule has 1 saturated carbocycles. The molecule has 1 aliphatic carbocycles. The molecule has 4 rings (SSSR count). The van der Waals surface area contributed by atoms with E-state index in [1.807, 2.05) is 0 Å². The minimum Gasteiger partial charge on any atom is -0.481 e. The number of carbonyl (C=O) groups excluding carboxylic acids is 1. The van der Waals surface area contributed by atoms with E-state index in [-0.39, 0.29) is 23.8 Å². The molecule has 2 saturated heterocycles. The van der Waals surface area contributed by atoms with Gasteiger partial charge in [0.15, 0.2) is 0 Å². The molecule has 2 aliphatic heterocycles. The summed E-state index contributed by atoms with van der Waals surface area (Å²) in [4.78, 5) is 41.5. The number of carbonyl (C=O) groups is 2. The number of rotatable bonds is 7. The molecule has 1 aromatic heterocycles. The van der Waals surface area contributed by atoms with Crippen molar-refractivity contribution in [3.63, 3.8) is 0 Å². The molecule has 3 fully saturated rings. The predicted molar refractivity (Wildman–Crippen MR) is 125 cm³/mol. The molecule has 0 radical (unpaired) electrons. The van der Waals surface area contributed by atoms with E-state index in [9.17, 15) is 14.7 Å². The lowest BCUT2D eigenvalue weighted by Gasteiger charge is -2.42. The number of nitrogens with one attached hydrogen (secondary N) is 2. The molecule has 4 unspecified atom stereocenters. The number of amides is 1. The highest BCUT2D eigenvalue weighted by Crippen LogP contribution is 2.32. The third kappa shape index (κ3) is 5.90. The molecule has 10 nitrogen and oxygen atoms in total. The van der Waals surface area contributed by atoms with E-state index in [1.54, 1.807) is 7.05 Å². The van der Waals surface area contributed by atoms with Crippen LogP contribution in [0.25, 0.3) is 0 Å². The highest BCUT2D eigenvalue weighted by atomic mass is 16.4. The maximum absolute atomic E-state index is 12.0. The van der Waals surface area contributed by atoms with Crippen LogP contribution < -0.4 is 15.5 Å². The standard InChI is InChI=1S/C23H37N7O3/c1-24-20(31)17-7-5-11-30(14-17)23-27-15-26-22(28-23)25-12-16-6-4-10-29(13-16)19-9-3-2-8-18(19)21(32)33/h15-19H,2-14H2,1H3,(H,24,31)(H,32,33)(H,25,26,27,28). The van der Waals surface area contributed by atoms with Gasteiger partial charge < -0.3 is 20.6 Å². The highest BCUT2D eigenvalue weighted by Gasteiger charge is 2.36. The number of carboxylic acids is 1. The zero-order chi connectivity index (χ0) is 23.2. The highest BCUT2D eigenvalue weighted by molar-refractivity contribution is 5.79. The summed E-state index contributed by atoms with van der Waals surface area (Å²) in [6.07, 6.45) is 9.48. The Morgan fingerprint density at radius 2 is 1.88 bits per heavy atom. The number of likely N-dealkylation sites (tertiary alicyclic amines) is 1. The van der Waals surface area contributed by atoms with Crippen molar-refractivity contribution in [1.82, 2.24) is 25.2 Å². The Balaban J connectivity index is 1.33. The van der Waals surface area contributed by atoms with Gasteiger partial charge in [-0.1, -0.05) is 12.8 Å². The first-order chi connectivity index (χ1) is 16.0. The van der Waals surface area contributed by atoms with Crippen molar-refractivity contribution in [2.75, 3.05) is 50.0 Å². The van der Waals surface area contributed by atoms with Crippen molar-refractivity contribution in [1.29, 1.82) is 0 Å². The van der Waals surface area contributed by atoms with Crippen molar-refractivity contribution >= 4 is 23.8 Å². The Morgan fingerprint density at radius 3 is 2.70 bits per heavy atom. The van der Waals surface area contributed by atoms with E-state index in [1.165, 1.54) is 6.33 Å². The second-order valence-electron chi connectivity index (χ2n) is 9.69. The molecular weight excluding hydrogens is 422 g/mol. The molecule has 1 amide bonds. The summed E-state index contributed by atoms with van der Waals surface area (Å²) in [7, 11) is 1.68. The SMILES string of the molecule is CNC(=O)C1CCCN(c2ncnc(NCC3CCCN(C4CCCCC4C(=O)O)C3)n2)C1. The largest absolute Gasteiger partial charge is 0.481 e. The van der Waals surface area contributed by atoms with E-state index < -0.39 is 5.97 Å². The van der Waals surface area contributed by atoms with Crippen molar-refractivity contribution in [2.45, 2.75) is 57.4 Å². The van der Waals surface area contributed by atoms with Crippen LogP contribution in [0.1, 0.15) is 51.4 Å². The van der Waals surface area contributed by atoms with Crippen molar-refractivity contribution in [2.24, 2.45) is 17.8 Å². The Kier molecular flexibility index (Phi) is 7.95. The van der Waals surface area contributed by atoms with E-state index in [4.69, 9.17) is 0 Å². The zero-order valence-corrected chi connectivity index (χ0v) is 19.6. The van der Waals surface area contributed by atoms with Crippen LogP contribution in [0.5, 0.6) is 0 Å². The van der Waals surface area contributed by atoms with Gasteiger partial charge in [0.05, 0.1) is 11.8 Å². The average Bonchev–Trinajstić information content (AvgIpc) is 2.87. The normalized spacial score (nSPS) is 28.8. The van der Waals surface area contributed by atoms with Gasteiger partial charge in [-0.3, -0.25) is 14.5 Å². The van der Waals surface area contributed by atoms with Crippen LogP contribution in [-0.4, -0.2) is 82.6 Å². The lowest BCUT2D eigenvalue weighted by atomic mass is 9.82. The first-order valence-corrected chi connectivity index (χ1v) is 12.4. The fourth-order valence-electron chi connectivity index (χ4n) is 5.74. The van der Waals surface area contributed by atoms with E-state index in [2.05, 4.69) is 35.4 Å². The van der Waals surface area contributed by atoms with Gasteiger partial charge in [-0.05, 0) is 51.0 Å². The van der Waals surface area contributed by atoms with Gasteiger partial charge >= 0.3 is 5.97 Å². The van der Waals surface area contributed by atoms with Gasteiger partial charge in [-0.15, -0.1) is 0 Å². The molecule has 10 heteroatoms. The molecule has 3 aliphatic rings. The summed E-state index contributed by atoms with van der Waals surface area (Å²) >= 11 is 0. The van der Waals surface area contributed by atoms with Crippen LogP contribution in [0.2, 0.25) is 0 Å². The molecule has 0 bridgehead atoms. The van der Waals surface area contributed by atoms with E-state index >= 15 is 0 Å². The number of anilines is 2. The molecule has 33 heavy (non-hydrogen) atoms. The lowest BCUT2D eigenvalue weighted by molar-refractivity contribution is -0.146. The van der Waals surface area contributed by atoms with Crippen LogP contribution in [-0.2, 0) is 9.59 Å². The monoisotopic (exact) mass is 459 g/mol. The first-order valence-electron chi connectivity index (χ1n) is 12.4. The number of hydrogen-bond acceptors (Lipinski definition) is 8. The molecule has 4 atom stereocenters. The molecule has 0 spiro atoms. The number of aromatic nitrogens is 3. The fraction of sp³-hybridized carbons (Fsp3) is 0.783. The average molecular weight is 460 g/mol. The maximum Gasteiger partial charge on any atom is 0.308 e. The van der Waals surface area contributed by atoms with Crippen molar-refractivity contribution < 1.29 is 14.7 Å². The third-order valence-electron chi connectivity index (χ3n) is 7.50. The Bertz CT molecular complexity index is 823. The van der Waals surface area contributed by atoms with Crippen molar-refractivity contribution in [3.8, 4) is 0 Å². The van der Waals surface area contributed by atoms with Gasteiger partial charge in [0.1, 0.15) is 6.33 Å². The molecule has 1 aromatic rings. The Hall–Kier alpha value is -2.49. The number of carboxylic acid groups (broad SMARTS) is 1. The number of nitrogens with zero attached hydrogens (tertiary/aromatic N) is 5. The third-order valence-corrected chi connectivity index (χ3v) is 7.50. The van der Waals surface area contributed by atoms with Gasteiger partial charge in [-0.2, -0.15) is 4.98 Å². The lowest BCUT2D eigenvalue weighted by Crippen LogP contribution is -2.50. The number of piperidine rings is 2. The minimum atomic E-state index is -0.644. The maximum atomic E-state index is 12.0. The van der Waals surface area contributed by atoms with Crippen LogP contribution in [0, 0.1) is 17.8 Å². The summed E-state index contributed by atoms with van der Waals surface area (Å²) in [5.74, 6) is 0.742. The molecule has 0 aromatic carbocycles. The Labute approximate surface area is 195 Å². The molecule has 182 valence electrons. The minimum absolute atomic E-state index is 0.0421. The molecule has 3 N–H and O–H groups in total. The second-order valence-corrected chi connectivity index (χ2v) is 9.69. The quantitative estimate of drug-likeness (QED) is 0.558. The van der Waals surface area contributed by atoms with E-state index in [0.717, 1.165) is 77.5 Å². The first kappa shape index (κ1) is 23.7. The number of hydrogen-bond donors (Lipinski definition) is 3. The number of aliphatic carboxylic acids is 1. The van der Waals surface area contributed by atoms with Crippen LogP contribution in [0.4, 0.5) is 11.9 Å². The second kappa shape index (κ2) is 11.1. The molecule has 3 heterocycles. The van der Waals surface area contributed by atoms with E-state index in [0.29, 0.717) is 24.4 Å². The summed E-state index contributed by atoms with van der Waals surface area (Å²) in [6, 6.07) is 0.162. The topological polar surface area (TPSA) is 124 Å². The van der Waals surface area contributed by atoms with Crippen LogP contribution in [0.3, 0.4) is 0 Å².